The molecule has 0 aromatic heterocycles. The second-order valence-electron chi connectivity index (χ2n) is 4.80. The zero-order chi connectivity index (χ0) is 16.6. The third-order valence-corrected chi connectivity index (χ3v) is 4.96. The summed E-state index contributed by atoms with van der Waals surface area (Å²) in [6, 6.07) is 4.56. The number of nitrogens with one attached hydrogen (secondary N) is 1. The molecule has 22 heavy (non-hydrogen) atoms. The van der Waals surface area contributed by atoms with E-state index in [2.05, 4.69) is 23.5 Å². The average Bonchev–Trinajstić information content (AvgIpc) is 2.54. The monoisotopic (exact) mass is 330 g/mol. The van der Waals surface area contributed by atoms with Crippen LogP contribution in [0.25, 0.3) is 0 Å². The summed E-state index contributed by atoms with van der Waals surface area (Å²) in [6.07, 6.45) is 0.772. The van der Waals surface area contributed by atoms with Gasteiger partial charge in [0, 0.05) is 12.6 Å². The maximum atomic E-state index is 12.3. The molecule has 0 heterocycles. The van der Waals surface area contributed by atoms with Crippen LogP contribution >= 0.6 is 0 Å². The normalized spacial score (nSPS) is 11.7. The molecule has 1 aromatic carbocycles. The first-order valence-electron chi connectivity index (χ1n) is 7.42. The van der Waals surface area contributed by atoms with Gasteiger partial charge in [0.2, 0.25) is 10.0 Å². The molecule has 0 amide bonds. The van der Waals surface area contributed by atoms with Gasteiger partial charge in [-0.1, -0.05) is 13.8 Å². The van der Waals surface area contributed by atoms with E-state index < -0.39 is 10.0 Å². The van der Waals surface area contributed by atoms with E-state index in [-0.39, 0.29) is 4.90 Å². The molecular formula is C15H26N2O4S. The average molecular weight is 330 g/mol. The van der Waals surface area contributed by atoms with Crippen molar-refractivity contribution in [3.63, 3.8) is 0 Å². The van der Waals surface area contributed by atoms with Crippen molar-refractivity contribution in [2.75, 3.05) is 40.4 Å². The molecule has 0 aliphatic carbocycles. The van der Waals surface area contributed by atoms with Crippen LogP contribution in [0.5, 0.6) is 11.5 Å². The molecule has 0 radical (unpaired) electrons. The molecule has 1 N–H and O–H groups in total. The Hall–Kier alpha value is -1.31. The number of sulfonamides is 1. The molecule has 0 saturated carbocycles. The predicted octanol–water partition coefficient (Wildman–Crippen LogP) is 1.71. The van der Waals surface area contributed by atoms with Gasteiger partial charge in [-0.05, 0) is 38.2 Å². The number of hydrogen-bond acceptors (Lipinski definition) is 5. The maximum absolute atomic E-state index is 12.3. The lowest BCUT2D eigenvalue weighted by atomic mass is 10.3. The minimum absolute atomic E-state index is 0.174. The van der Waals surface area contributed by atoms with Crippen LogP contribution in [-0.4, -0.2) is 53.7 Å². The fourth-order valence-corrected chi connectivity index (χ4v) is 3.21. The molecule has 1 rings (SSSR count). The van der Waals surface area contributed by atoms with Crippen LogP contribution in [-0.2, 0) is 10.0 Å². The van der Waals surface area contributed by atoms with E-state index in [1.54, 1.807) is 6.07 Å². The van der Waals surface area contributed by atoms with Crippen LogP contribution in [0.3, 0.4) is 0 Å². The second-order valence-corrected chi connectivity index (χ2v) is 6.56. The van der Waals surface area contributed by atoms with Crippen LogP contribution in [0.1, 0.15) is 20.3 Å². The van der Waals surface area contributed by atoms with Crippen LogP contribution in [0.2, 0.25) is 0 Å². The summed E-state index contributed by atoms with van der Waals surface area (Å²) in [5, 5.41) is 0. The zero-order valence-electron chi connectivity index (χ0n) is 13.8. The Morgan fingerprint density at radius 3 is 2.27 bits per heavy atom. The highest BCUT2D eigenvalue weighted by Gasteiger charge is 2.16. The molecule has 0 atom stereocenters. The highest BCUT2D eigenvalue weighted by atomic mass is 32.2. The molecular weight excluding hydrogens is 304 g/mol. The fourth-order valence-electron chi connectivity index (χ4n) is 2.12. The van der Waals surface area contributed by atoms with E-state index in [0.29, 0.717) is 18.0 Å². The lowest BCUT2D eigenvalue weighted by molar-refractivity contribution is 0.300. The van der Waals surface area contributed by atoms with Crippen molar-refractivity contribution in [2.45, 2.75) is 25.2 Å². The Bertz CT molecular complexity index is 557. The van der Waals surface area contributed by atoms with Gasteiger partial charge in [-0.2, -0.15) is 0 Å². The van der Waals surface area contributed by atoms with Gasteiger partial charge in [-0.3, -0.25) is 0 Å². The van der Waals surface area contributed by atoms with Gasteiger partial charge in [0.05, 0.1) is 19.1 Å². The van der Waals surface area contributed by atoms with Crippen molar-refractivity contribution in [2.24, 2.45) is 0 Å². The third-order valence-electron chi connectivity index (χ3n) is 3.50. The second kappa shape index (κ2) is 8.97. The number of hydrogen-bond donors (Lipinski definition) is 1. The van der Waals surface area contributed by atoms with Crippen molar-refractivity contribution in [1.82, 2.24) is 9.62 Å². The van der Waals surface area contributed by atoms with Crippen molar-refractivity contribution in [1.29, 1.82) is 0 Å². The lowest BCUT2D eigenvalue weighted by Gasteiger charge is -2.17. The van der Waals surface area contributed by atoms with Crippen molar-refractivity contribution in [3.8, 4) is 11.5 Å². The Morgan fingerprint density at radius 1 is 1.09 bits per heavy atom. The zero-order valence-corrected chi connectivity index (χ0v) is 14.6. The smallest absolute Gasteiger partial charge is 0.240 e. The van der Waals surface area contributed by atoms with E-state index in [4.69, 9.17) is 9.47 Å². The molecule has 0 fully saturated rings. The molecule has 0 unspecified atom stereocenters. The number of methoxy groups -OCH3 is 2. The number of nitrogens with zero attached hydrogens (tertiary/aromatic N) is 1. The molecule has 0 spiro atoms. The van der Waals surface area contributed by atoms with E-state index in [1.807, 2.05) is 0 Å². The molecule has 6 nitrogen and oxygen atoms in total. The van der Waals surface area contributed by atoms with Gasteiger partial charge in [0.25, 0.3) is 0 Å². The first-order chi connectivity index (χ1) is 10.5. The van der Waals surface area contributed by atoms with Crippen molar-refractivity contribution >= 4 is 10.0 Å². The van der Waals surface area contributed by atoms with Crippen LogP contribution in [0, 0.1) is 0 Å². The summed E-state index contributed by atoms with van der Waals surface area (Å²) in [4.78, 5) is 2.43. The topological polar surface area (TPSA) is 67.9 Å². The summed E-state index contributed by atoms with van der Waals surface area (Å²) in [5.74, 6) is 0.900. The SMILES string of the molecule is CCN(CC)CCCNS(=O)(=O)c1ccc(OC)c(OC)c1. The number of benzene rings is 1. The van der Waals surface area contributed by atoms with Crippen LogP contribution in [0.15, 0.2) is 23.1 Å². The highest BCUT2D eigenvalue weighted by Crippen LogP contribution is 2.29. The Morgan fingerprint density at radius 2 is 1.73 bits per heavy atom. The number of rotatable bonds is 10. The summed E-state index contributed by atoms with van der Waals surface area (Å²) < 4.78 is 37.4. The minimum atomic E-state index is -3.53. The molecule has 7 heteroatoms. The Kier molecular flexibility index (Phi) is 7.64. The number of ether oxygens (including phenoxy) is 2. The minimum Gasteiger partial charge on any atom is -0.493 e. The first-order valence-corrected chi connectivity index (χ1v) is 8.90. The van der Waals surface area contributed by atoms with Crippen molar-refractivity contribution in [3.05, 3.63) is 18.2 Å². The summed E-state index contributed by atoms with van der Waals surface area (Å²) >= 11 is 0. The highest BCUT2D eigenvalue weighted by molar-refractivity contribution is 7.89. The third kappa shape index (κ3) is 5.15. The quantitative estimate of drug-likeness (QED) is 0.662. The standard InChI is InChI=1S/C15H26N2O4S/c1-5-17(6-2)11-7-10-16-22(18,19)13-8-9-14(20-3)15(12-13)21-4/h8-9,12,16H,5-7,10-11H2,1-4H3. The Labute approximate surface area is 133 Å². The van der Waals surface area contributed by atoms with Gasteiger partial charge in [0.1, 0.15) is 0 Å². The molecule has 0 saturated heterocycles. The summed E-state index contributed by atoms with van der Waals surface area (Å²) in [6.45, 7) is 7.42. The van der Waals surface area contributed by atoms with E-state index in [9.17, 15) is 8.42 Å². The lowest BCUT2D eigenvalue weighted by Crippen LogP contribution is -2.30. The van der Waals surface area contributed by atoms with Crippen LogP contribution in [0.4, 0.5) is 0 Å². The van der Waals surface area contributed by atoms with Crippen LogP contribution < -0.4 is 14.2 Å². The Balaban J connectivity index is 2.66. The summed E-state index contributed by atoms with van der Waals surface area (Å²) in [7, 11) is -0.544. The largest absolute Gasteiger partial charge is 0.493 e. The molecule has 0 aliphatic heterocycles. The predicted molar refractivity (Wildman–Crippen MR) is 87.1 cm³/mol. The van der Waals surface area contributed by atoms with Gasteiger partial charge < -0.3 is 14.4 Å². The maximum Gasteiger partial charge on any atom is 0.240 e. The molecule has 126 valence electrons. The fraction of sp³-hybridized carbons (Fsp3) is 0.600. The van der Waals surface area contributed by atoms with Crippen molar-refractivity contribution < 1.29 is 17.9 Å². The van der Waals surface area contributed by atoms with Gasteiger partial charge in [-0.25, -0.2) is 13.1 Å². The molecule has 0 aliphatic rings. The first kappa shape index (κ1) is 18.7. The molecule has 0 bridgehead atoms. The summed E-state index contributed by atoms with van der Waals surface area (Å²) in [5.41, 5.74) is 0. The van der Waals surface area contributed by atoms with Gasteiger partial charge in [0.15, 0.2) is 11.5 Å². The van der Waals surface area contributed by atoms with E-state index in [1.165, 1.54) is 26.4 Å². The van der Waals surface area contributed by atoms with E-state index in [0.717, 1.165) is 26.1 Å². The van der Waals surface area contributed by atoms with Gasteiger partial charge >= 0.3 is 0 Å². The molecule has 1 aromatic rings. The van der Waals surface area contributed by atoms with Gasteiger partial charge in [-0.15, -0.1) is 0 Å². The van der Waals surface area contributed by atoms with E-state index >= 15 is 0 Å².